The highest BCUT2D eigenvalue weighted by atomic mass is 32.2. The smallest absolute Gasteiger partial charge is 0.191 e. The third-order valence-corrected chi connectivity index (χ3v) is 5.94. The second kappa shape index (κ2) is 6.11. The van der Waals surface area contributed by atoms with E-state index in [1.165, 1.54) is 6.42 Å². The largest absolute Gasteiger partial charge is 0.370 e. The molecule has 2 saturated heterocycles. The third kappa shape index (κ3) is 4.37. The molecule has 2 unspecified atom stereocenters. The van der Waals surface area contributed by atoms with Gasteiger partial charge in [0.1, 0.15) is 0 Å². The summed E-state index contributed by atoms with van der Waals surface area (Å²) in [4.78, 5) is 6.56. The summed E-state index contributed by atoms with van der Waals surface area (Å²) < 4.78 is 23.1. The molecule has 0 radical (unpaired) electrons. The Balaban J connectivity index is 1.87. The lowest BCUT2D eigenvalue weighted by atomic mass is 10.0. The fourth-order valence-corrected chi connectivity index (χ4v) is 4.75. The molecule has 19 heavy (non-hydrogen) atoms. The van der Waals surface area contributed by atoms with Crippen LogP contribution in [0.4, 0.5) is 0 Å². The van der Waals surface area contributed by atoms with Gasteiger partial charge in [-0.25, -0.2) is 8.42 Å². The van der Waals surface area contributed by atoms with E-state index in [1.807, 2.05) is 0 Å². The van der Waals surface area contributed by atoms with E-state index in [9.17, 15) is 8.42 Å². The molecular weight excluding hydrogens is 262 g/mol. The van der Waals surface area contributed by atoms with E-state index in [4.69, 9.17) is 5.73 Å². The average molecular weight is 287 g/mol. The lowest BCUT2D eigenvalue weighted by molar-refractivity contribution is 0.270. The minimum Gasteiger partial charge on any atom is -0.370 e. The number of likely N-dealkylation sites (tertiary alicyclic amines) is 1. The molecule has 2 N–H and O–H groups in total. The highest BCUT2D eigenvalue weighted by Gasteiger charge is 2.25. The molecule has 0 amide bonds. The van der Waals surface area contributed by atoms with E-state index >= 15 is 0 Å². The van der Waals surface area contributed by atoms with Gasteiger partial charge in [-0.05, 0) is 37.5 Å². The van der Waals surface area contributed by atoms with Gasteiger partial charge in [0.25, 0.3) is 0 Å². The van der Waals surface area contributed by atoms with Crippen molar-refractivity contribution in [2.75, 3.05) is 31.1 Å². The first-order chi connectivity index (χ1) is 8.96. The minimum atomic E-state index is -2.84. The highest BCUT2D eigenvalue weighted by Crippen LogP contribution is 2.19. The van der Waals surface area contributed by atoms with Crippen LogP contribution in [0, 0.1) is 11.8 Å². The van der Waals surface area contributed by atoms with Gasteiger partial charge in [0.05, 0.1) is 11.5 Å². The van der Waals surface area contributed by atoms with Crippen LogP contribution >= 0.6 is 0 Å². The van der Waals surface area contributed by atoms with Gasteiger partial charge in [0, 0.05) is 19.6 Å². The number of hydrogen-bond donors (Lipinski definition) is 1. The molecule has 5 nitrogen and oxygen atoms in total. The Labute approximate surface area is 116 Å². The van der Waals surface area contributed by atoms with E-state index < -0.39 is 9.84 Å². The molecule has 2 heterocycles. The SMILES string of the molecule is CC1CCCN(C(N)=NCC2CCCS(=O)(=O)C2)C1. The molecule has 2 rings (SSSR count). The molecule has 2 aliphatic heterocycles. The summed E-state index contributed by atoms with van der Waals surface area (Å²) in [6.07, 6.45) is 4.13. The number of piperidine rings is 1. The van der Waals surface area contributed by atoms with E-state index in [1.54, 1.807) is 0 Å². The lowest BCUT2D eigenvalue weighted by Crippen LogP contribution is -2.43. The first-order valence-electron chi connectivity index (χ1n) is 7.21. The monoisotopic (exact) mass is 287 g/mol. The quantitative estimate of drug-likeness (QED) is 0.603. The zero-order valence-corrected chi connectivity index (χ0v) is 12.5. The summed E-state index contributed by atoms with van der Waals surface area (Å²) in [7, 11) is -2.84. The Morgan fingerprint density at radius 2 is 2.16 bits per heavy atom. The number of rotatable bonds is 2. The topological polar surface area (TPSA) is 75.8 Å². The molecule has 2 fully saturated rings. The van der Waals surface area contributed by atoms with Crippen LogP contribution in [0.2, 0.25) is 0 Å². The number of guanidine groups is 1. The van der Waals surface area contributed by atoms with Crippen molar-refractivity contribution < 1.29 is 8.42 Å². The van der Waals surface area contributed by atoms with Gasteiger partial charge in [-0.2, -0.15) is 0 Å². The molecule has 0 aliphatic carbocycles. The molecule has 6 heteroatoms. The fourth-order valence-electron chi connectivity index (χ4n) is 2.98. The first-order valence-corrected chi connectivity index (χ1v) is 9.04. The average Bonchev–Trinajstić information content (AvgIpc) is 2.35. The van der Waals surface area contributed by atoms with Crippen LogP contribution in [0.1, 0.15) is 32.6 Å². The molecule has 0 spiro atoms. The maximum absolute atomic E-state index is 11.6. The maximum Gasteiger partial charge on any atom is 0.191 e. The van der Waals surface area contributed by atoms with Gasteiger partial charge >= 0.3 is 0 Å². The van der Waals surface area contributed by atoms with Crippen LogP contribution < -0.4 is 5.73 Å². The number of sulfone groups is 1. The predicted molar refractivity (Wildman–Crippen MR) is 77.8 cm³/mol. The van der Waals surface area contributed by atoms with Gasteiger partial charge in [-0.15, -0.1) is 0 Å². The number of nitrogens with zero attached hydrogens (tertiary/aromatic N) is 2. The summed E-state index contributed by atoms with van der Waals surface area (Å²) in [5.41, 5.74) is 6.02. The van der Waals surface area contributed by atoms with Crippen LogP contribution in [-0.4, -0.2) is 50.4 Å². The van der Waals surface area contributed by atoms with Crippen LogP contribution in [0.3, 0.4) is 0 Å². The summed E-state index contributed by atoms with van der Waals surface area (Å²) in [5.74, 6) is 2.03. The first kappa shape index (κ1) is 14.6. The number of hydrogen-bond acceptors (Lipinski definition) is 3. The van der Waals surface area contributed by atoms with E-state index in [-0.39, 0.29) is 11.7 Å². The van der Waals surface area contributed by atoms with Crippen molar-refractivity contribution in [3.63, 3.8) is 0 Å². The van der Waals surface area contributed by atoms with Crippen molar-refractivity contribution in [1.29, 1.82) is 0 Å². The summed E-state index contributed by atoms with van der Waals surface area (Å²) in [5, 5.41) is 0. The Kier molecular flexibility index (Phi) is 4.71. The van der Waals surface area contributed by atoms with Gasteiger partial charge in [0.15, 0.2) is 15.8 Å². The normalized spacial score (nSPS) is 32.3. The van der Waals surface area contributed by atoms with E-state index in [0.717, 1.165) is 32.4 Å². The number of nitrogens with two attached hydrogens (primary N) is 1. The van der Waals surface area contributed by atoms with Crippen LogP contribution in [0.25, 0.3) is 0 Å². The molecule has 0 aromatic carbocycles. The molecule has 110 valence electrons. The molecule has 2 atom stereocenters. The van der Waals surface area contributed by atoms with Crippen molar-refractivity contribution in [3.8, 4) is 0 Å². The van der Waals surface area contributed by atoms with Crippen molar-refractivity contribution >= 4 is 15.8 Å². The molecule has 0 bridgehead atoms. The van der Waals surface area contributed by atoms with Crippen molar-refractivity contribution in [2.24, 2.45) is 22.6 Å². The fraction of sp³-hybridized carbons (Fsp3) is 0.923. The molecule has 2 aliphatic rings. The lowest BCUT2D eigenvalue weighted by Gasteiger charge is -2.32. The predicted octanol–water partition coefficient (Wildman–Crippen LogP) is 0.858. The van der Waals surface area contributed by atoms with Crippen molar-refractivity contribution in [1.82, 2.24) is 4.90 Å². The minimum absolute atomic E-state index is 0.152. The van der Waals surface area contributed by atoms with E-state index in [2.05, 4.69) is 16.8 Å². The maximum atomic E-state index is 11.6. The molecule has 0 aromatic heterocycles. The summed E-state index contributed by atoms with van der Waals surface area (Å²) >= 11 is 0. The van der Waals surface area contributed by atoms with Gasteiger partial charge in [0.2, 0.25) is 0 Å². The standard InChI is InChI=1S/C13H25N3O2S/c1-11-4-2-6-16(9-11)13(14)15-8-12-5-3-7-19(17,18)10-12/h11-12H,2-10H2,1H3,(H2,14,15). The summed E-state index contributed by atoms with van der Waals surface area (Å²) in [6, 6.07) is 0. The molecular formula is C13H25N3O2S. The Bertz CT molecular complexity index is 433. The van der Waals surface area contributed by atoms with Crippen LogP contribution in [0.5, 0.6) is 0 Å². The van der Waals surface area contributed by atoms with Crippen molar-refractivity contribution in [2.45, 2.75) is 32.6 Å². The van der Waals surface area contributed by atoms with E-state index in [0.29, 0.717) is 24.2 Å². The summed E-state index contributed by atoms with van der Waals surface area (Å²) in [6.45, 7) is 4.73. The Morgan fingerprint density at radius 3 is 2.84 bits per heavy atom. The molecule has 0 saturated carbocycles. The van der Waals surface area contributed by atoms with Gasteiger partial charge in [-0.1, -0.05) is 6.92 Å². The van der Waals surface area contributed by atoms with Crippen molar-refractivity contribution in [3.05, 3.63) is 0 Å². The number of aliphatic imine (C=N–C) groups is 1. The Morgan fingerprint density at radius 1 is 1.37 bits per heavy atom. The van der Waals surface area contributed by atoms with Crippen LogP contribution in [-0.2, 0) is 9.84 Å². The second-order valence-electron chi connectivity index (χ2n) is 6.01. The van der Waals surface area contributed by atoms with Gasteiger partial charge < -0.3 is 10.6 Å². The Hall–Kier alpha value is -0.780. The van der Waals surface area contributed by atoms with Gasteiger partial charge in [-0.3, -0.25) is 4.99 Å². The second-order valence-corrected chi connectivity index (χ2v) is 8.24. The molecule has 0 aromatic rings. The van der Waals surface area contributed by atoms with Crippen LogP contribution in [0.15, 0.2) is 4.99 Å². The third-order valence-electron chi connectivity index (χ3n) is 4.05. The zero-order chi connectivity index (χ0) is 13.9. The zero-order valence-electron chi connectivity index (χ0n) is 11.7. The highest BCUT2D eigenvalue weighted by molar-refractivity contribution is 7.91.